The Bertz CT molecular complexity index is 498. The van der Waals surface area contributed by atoms with E-state index in [0.717, 1.165) is 22.4 Å². The fraction of sp³-hybridized carbons (Fsp3) is 0.250. The molecule has 0 saturated heterocycles. The van der Waals surface area contributed by atoms with E-state index >= 15 is 0 Å². The molecule has 0 fully saturated rings. The summed E-state index contributed by atoms with van der Waals surface area (Å²) in [6.45, 7) is 1.37. The molecule has 0 aliphatic heterocycles. The van der Waals surface area contributed by atoms with Gasteiger partial charge >= 0.3 is 0 Å². The Balaban J connectivity index is 2.11. The maximum atomic E-state index is 5.59. The van der Waals surface area contributed by atoms with Crippen molar-refractivity contribution in [3.05, 3.63) is 44.8 Å². The van der Waals surface area contributed by atoms with Crippen molar-refractivity contribution in [3.8, 4) is 0 Å². The highest BCUT2D eigenvalue weighted by Crippen LogP contribution is 2.23. The number of aromatic nitrogens is 1. The molecule has 0 aliphatic carbocycles. The lowest BCUT2D eigenvalue weighted by Gasteiger charge is -2.18. The molecule has 0 radical (unpaired) electrons. The monoisotopic (exact) mass is 311 g/mol. The molecule has 2 heterocycles. The topological polar surface area (TPSA) is 42.2 Å². The summed E-state index contributed by atoms with van der Waals surface area (Å²) in [5.41, 5.74) is 7.65. The highest BCUT2D eigenvalue weighted by molar-refractivity contribution is 9.10. The van der Waals surface area contributed by atoms with Gasteiger partial charge in [0.15, 0.2) is 0 Å². The van der Waals surface area contributed by atoms with Crippen LogP contribution >= 0.6 is 27.3 Å². The van der Waals surface area contributed by atoms with Crippen molar-refractivity contribution in [1.29, 1.82) is 0 Å². The summed E-state index contributed by atoms with van der Waals surface area (Å²) in [6.07, 6.45) is 1.80. The third-order valence-electron chi connectivity index (χ3n) is 2.46. The molecule has 0 aliphatic rings. The van der Waals surface area contributed by atoms with Crippen molar-refractivity contribution in [2.75, 3.05) is 11.9 Å². The average molecular weight is 312 g/mol. The number of rotatable bonds is 4. The Labute approximate surface area is 113 Å². The zero-order valence-electron chi connectivity index (χ0n) is 9.56. The maximum Gasteiger partial charge on any atom is 0.0560 e. The van der Waals surface area contributed by atoms with Gasteiger partial charge in [-0.3, -0.25) is 4.98 Å². The summed E-state index contributed by atoms with van der Waals surface area (Å²) in [6, 6.07) is 6.18. The minimum atomic E-state index is 0.478. The molecule has 2 aromatic heterocycles. The Morgan fingerprint density at radius 3 is 2.94 bits per heavy atom. The van der Waals surface area contributed by atoms with Crippen molar-refractivity contribution in [3.63, 3.8) is 0 Å². The number of halogens is 1. The van der Waals surface area contributed by atoms with Gasteiger partial charge < -0.3 is 10.6 Å². The van der Waals surface area contributed by atoms with Gasteiger partial charge in [0, 0.05) is 40.2 Å². The van der Waals surface area contributed by atoms with Crippen molar-refractivity contribution >= 4 is 33.0 Å². The molecule has 2 N–H and O–H groups in total. The molecule has 0 spiro atoms. The smallest absolute Gasteiger partial charge is 0.0560 e. The lowest BCUT2D eigenvalue weighted by atomic mass is 10.3. The minimum Gasteiger partial charge on any atom is -0.369 e. The number of anilines is 1. The van der Waals surface area contributed by atoms with Gasteiger partial charge in [0.2, 0.25) is 0 Å². The second-order valence-corrected chi connectivity index (χ2v) is 5.71. The van der Waals surface area contributed by atoms with Gasteiger partial charge in [0.25, 0.3) is 0 Å². The van der Waals surface area contributed by atoms with Crippen molar-refractivity contribution in [2.24, 2.45) is 5.73 Å². The lowest BCUT2D eigenvalue weighted by Crippen LogP contribution is -2.16. The predicted molar refractivity (Wildman–Crippen MR) is 76.3 cm³/mol. The quantitative estimate of drug-likeness (QED) is 0.944. The molecule has 0 bridgehead atoms. The molecule has 0 saturated carbocycles. The summed E-state index contributed by atoms with van der Waals surface area (Å²) >= 11 is 5.22. The van der Waals surface area contributed by atoms with Crippen LogP contribution in [-0.2, 0) is 13.1 Å². The van der Waals surface area contributed by atoms with E-state index in [4.69, 9.17) is 5.73 Å². The molecule has 0 amide bonds. The SMILES string of the molecule is CN(Cc1cc(Br)cs1)c1ccnc(CN)c1. The molecule has 2 rings (SSSR count). The first-order chi connectivity index (χ1) is 8.19. The van der Waals surface area contributed by atoms with E-state index < -0.39 is 0 Å². The average Bonchev–Trinajstić information content (AvgIpc) is 2.75. The molecule has 90 valence electrons. The summed E-state index contributed by atoms with van der Waals surface area (Å²) in [7, 11) is 2.07. The highest BCUT2D eigenvalue weighted by Gasteiger charge is 2.05. The first-order valence-electron chi connectivity index (χ1n) is 5.28. The van der Waals surface area contributed by atoms with Crippen LogP contribution in [0.4, 0.5) is 5.69 Å². The Hall–Kier alpha value is -0.910. The first-order valence-corrected chi connectivity index (χ1v) is 6.95. The molecular formula is C12H14BrN3S. The van der Waals surface area contributed by atoms with Gasteiger partial charge in [-0.15, -0.1) is 11.3 Å². The molecule has 0 unspecified atom stereocenters. The van der Waals surface area contributed by atoms with E-state index in [9.17, 15) is 0 Å². The van der Waals surface area contributed by atoms with Crippen molar-refractivity contribution in [2.45, 2.75) is 13.1 Å². The fourth-order valence-corrected chi connectivity index (χ4v) is 3.08. The van der Waals surface area contributed by atoms with E-state index in [1.54, 1.807) is 17.5 Å². The van der Waals surface area contributed by atoms with Gasteiger partial charge in [-0.25, -0.2) is 0 Å². The number of thiophene rings is 1. The van der Waals surface area contributed by atoms with Crippen LogP contribution in [0.5, 0.6) is 0 Å². The van der Waals surface area contributed by atoms with Gasteiger partial charge in [0.1, 0.15) is 0 Å². The van der Waals surface area contributed by atoms with E-state index in [-0.39, 0.29) is 0 Å². The van der Waals surface area contributed by atoms with Crippen molar-refractivity contribution < 1.29 is 0 Å². The van der Waals surface area contributed by atoms with Crippen molar-refractivity contribution in [1.82, 2.24) is 4.98 Å². The lowest BCUT2D eigenvalue weighted by molar-refractivity contribution is 0.921. The van der Waals surface area contributed by atoms with Crippen LogP contribution in [0.1, 0.15) is 10.6 Å². The fourth-order valence-electron chi connectivity index (χ4n) is 1.58. The summed E-state index contributed by atoms with van der Waals surface area (Å²) in [5, 5.41) is 2.10. The Morgan fingerprint density at radius 2 is 2.29 bits per heavy atom. The molecule has 0 atom stereocenters. The largest absolute Gasteiger partial charge is 0.369 e. The molecule has 5 heteroatoms. The van der Waals surface area contributed by atoms with Gasteiger partial charge in [-0.05, 0) is 34.1 Å². The van der Waals surface area contributed by atoms with E-state index in [0.29, 0.717) is 6.54 Å². The number of nitrogens with two attached hydrogens (primary N) is 1. The molecule has 2 aromatic rings. The zero-order valence-corrected chi connectivity index (χ0v) is 12.0. The first kappa shape index (κ1) is 12.5. The number of hydrogen-bond donors (Lipinski definition) is 1. The van der Waals surface area contributed by atoms with E-state index in [1.165, 1.54) is 4.88 Å². The Kier molecular flexibility index (Phi) is 4.15. The van der Waals surface area contributed by atoms with Gasteiger partial charge in [-0.1, -0.05) is 0 Å². The number of hydrogen-bond acceptors (Lipinski definition) is 4. The van der Waals surface area contributed by atoms with Crippen LogP contribution in [0.25, 0.3) is 0 Å². The van der Waals surface area contributed by atoms with Crippen LogP contribution in [0.15, 0.2) is 34.2 Å². The molecular weight excluding hydrogens is 298 g/mol. The molecule has 17 heavy (non-hydrogen) atoms. The second-order valence-electron chi connectivity index (χ2n) is 3.80. The highest BCUT2D eigenvalue weighted by atomic mass is 79.9. The third kappa shape index (κ3) is 3.28. The zero-order chi connectivity index (χ0) is 12.3. The third-order valence-corrected chi connectivity index (χ3v) is 4.15. The second kappa shape index (κ2) is 5.62. The van der Waals surface area contributed by atoms with Crippen LogP contribution < -0.4 is 10.6 Å². The van der Waals surface area contributed by atoms with Gasteiger partial charge in [0.05, 0.1) is 12.2 Å². The Morgan fingerprint density at radius 1 is 1.47 bits per heavy atom. The number of nitrogens with zero attached hydrogens (tertiary/aromatic N) is 2. The molecule has 0 aromatic carbocycles. The number of pyridine rings is 1. The van der Waals surface area contributed by atoms with Gasteiger partial charge in [-0.2, -0.15) is 0 Å². The summed E-state index contributed by atoms with van der Waals surface area (Å²) in [4.78, 5) is 7.71. The van der Waals surface area contributed by atoms with E-state index in [1.807, 2.05) is 12.1 Å². The van der Waals surface area contributed by atoms with Crippen LogP contribution in [0.2, 0.25) is 0 Å². The van der Waals surface area contributed by atoms with Crippen LogP contribution in [0, 0.1) is 0 Å². The molecule has 3 nitrogen and oxygen atoms in total. The minimum absolute atomic E-state index is 0.478. The normalized spacial score (nSPS) is 10.5. The summed E-state index contributed by atoms with van der Waals surface area (Å²) in [5.74, 6) is 0. The summed E-state index contributed by atoms with van der Waals surface area (Å²) < 4.78 is 1.14. The van der Waals surface area contributed by atoms with E-state index in [2.05, 4.69) is 44.3 Å². The van der Waals surface area contributed by atoms with Crippen LogP contribution in [0.3, 0.4) is 0 Å². The van der Waals surface area contributed by atoms with Crippen LogP contribution in [-0.4, -0.2) is 12.0 Å². The standard InChI is InChI=1S/C12H14BrN3S/c1-16(7-12-4-9(13)8-17-12)11-2-3-15-10(5-11)6-14/h2-5,8H,6-7,14H2,1H3. The maximum absolute atomic E-state index is 5.59. The predicted octanol–water partition coefficient (Wildman–Crippen LogP) is 3.00.